The quantitative estimate of drug-likeness (QED) is 0.639. The van der Waals surface area contributed by atoms with Crippen molar-refractivity contribution in [3.63, 3.8) is 0 Å². The summed E-state index contributed by atoms with van der Waals surface area (Å²) >= 11 is 5.55. The Morgan fingerprint density at radius 3 is 2.29 bits per heavy atom. The zero-order valence-corrected chi connectivity index (χ0v) is 9.13. The van der Waals surface area contributed by atoms with Crippen molar-refractivity contribution in [2.24, 2.45) is 0 Å². The van der Waals surface area contributed by atoms with Gasteiger partial charge in [0.05, 0.1) is 0 Å². The lowest BCUT2D eigenvalue weighted by atomic mass is 10.3. The highest BCUT2D eigenvalue weighted by Gasteiger charge is 2.29. The molecule has 1 aromatic carbocycles. The van der Waals surface area contributed by atoms with Crippen molar-refractivity contribution in [2.75, 3.05) is 0 Å². The van der Waals surface area contributed by atoms with E-state index in [9.17, 15) is 8.77 Å². The van der Waals surface area contributed by atoms with Gasteiger partial charge in [0, 0.05) is 5.02 Å². The first-order valence-corrected chi connectivity index (χ1v) is 6.98. The third-order valence-corrected chi connectivity index (χ3v) is 3.73. The number of halogens is 1. The molecule has 5 nitrogen and oxygen atoms in total. The van der Waals surface area contributed by atoms with Crippen molar-refractivity contribution in [3.05, 3.63) is 29.3 Å². The molecule has 0 bridgehead atoms. The summed E-state index contributed by atoms with van der Waals surface area (Å²) in [4.78, 5) is 8.86. The largest absolute Gasteiger partial charge is 0.493 e. The van der Waals surface area contributed by atoms with Crippen LogP contribution in [0.15, 0.2) is 24.3 Å². The van der Waals surface area contributed by atoms with Gasteiger partial charge in [-0.15, -0.1) is 0 Å². The van der Waals surface area contributed by atoms with E-state index in [4.69, 9.17) is 21.0 Å². The first-order chi connectivity index (χ1) is 6.42. The first-order valence-electron chi connectivity index (χ1n) is 3.31. The lowest BCUT2D eigenvalue weighted by molar-refractivity contribution is 0.394. The summed E-state index contributed by atoms with van der Waals surface area (Å²) in [6.45, 7) is -4.52. The van der Waals surface area contributed by atoms with Crippen molar-refractivity contribution < 1.29 is 22.7 Å². The van der Waals surface area contributed by atoms with Crippen LogP contribution in [0.5, 0.6) is 5.75 Å². The van der Waals surface area contributed by atoms with Gasteiger partial charge in [0.2, 0.25) is 0 Å². The predicted molar refractivity (Wildman–Crippen MR) is 52.7 cm³/mol. The molecule has 1 rings (SSSR count). The summed E-state index contributed by atoms with van der Waals surface area (Å²) in [5.41, 5.74) is 0. The van der Waals surface area contributed by atoms with Crippen molar-refractivity contribution in [2.45, 2.75) is 0 Å². The van der Waals surface area contributed by atoms with Gasteiger partial charge >= 0.3 is 6.80 Å². The van der Waals surface area contributed by atoms with Crippen molar-refractivity contribution in [1.29, 1.82) is 0 Å². The van der Waals surface area contributed by atoms with E-state index < -0.39 is 17.5 Å². The van der Waals surface area contributed by atoms with Crippen LogP contribution in [-0.2, 0) is 15.3 Å². The molecule has 8 heteroatoms. The summed E-state index contributed by atoms with van der Waals surface area (Å²) in [7, 11) is -2.93. The maximum atomic E-state index is 10.9. The summed E-state index contributed by atoms with van der Waals surface area (Å²) in [6.07, 6.45) is 0. The van der Waals surface area contributed by atoms with Crippen LogP contribution in [0.25, 0.3) is 0 Å². The van der Waals surface area contributed by atoms with E-state index in [1.54, 1.807) is 0 Å². The Balaban J connectivity index is 2.84. The lowest BCUT2D eigenvalue weighted by Gasteiger charge is -2.08. The van der Waals surface area contributed by atoms with E-state index in [1.807, 2.05) is 0 Å². The average molecular weight is 257 g/mol. The normalized spacial score (nSPS) is 17.1. The number of hydrogen-bond donors (Lipinski definition) is 2. The highest BCUT2D eigenvalue weighted by molar-refractivity contribution is 8.42. The van der Waals surface area contributed by atoms with E-state index in [2.05, 4.69) is 4.52 Å². The molecule has 0 aliphatic rings. The molecule has 0 spiro atoms. The van der Waals surface area contributed by atoms with Gasteiger partial charge in [-0.05, 0) is 24.3 Å². The van der Waals surface area contributed by atoms with Crippen LogP contribution in [0.4, 0.5) is 0 Å². The Morgan fingerprint density at radius 2 is 1.86 bits per heavy atom. The van der Waals surface area contributed by atoms with Crippen molar-refractivity contribution >= 4 is 29.1 Å². The fraction of sp³-hybridized carbons (Fsp3) is 0. The minimum Gasteiger partial charge on any atom is -0.414 e. The monoisotopic (exact) mass is 256 g/mol. The molecule has 0 saturated carbocycles. The highest BCUT2D eigenvalue weighted by Crippen LogP contribution is 2.45. The zero-order chi connectivity index (χ0) is 10.8. The van der Waals surface area contributed by atoms with E-state index in [-0.39, 0.29) is 5.75 Å². The average Bonchev–Trinajstić information content (AvgIpc) is 2.08. The second kappa shape index (κ2) is 4.42. The summed E-state index contributed by atoms with van der Waals surface area (Å²) in [5, 5.41) is 0.426. The fourth-order valence-corrected chi connectivity index (χ4v) is 1.69. The molecule has 0 aliphatic heterocycles. The van der Waals surface area contributed by atoms with Crippen molar-refractivity contribution in [3.8, 4) is 5.75 Å². The molecule has 0 radical (unpaired) electrons. The molecular formula is C6H6ClO5PS. The molecule has 0 aliphatic carbocycles. The molecule has 2 atom stereocenters. The molecule has 78 valence electrons. The standard InChI is InChI=1S/C6H6ClO5PS/c7-5-1-3-6(4-2-5)12-13(8,9)14(10)11/h1-4H,(H,8,9)(H,10,11). The molecule has 0 amide bonds. The Morgan fingerprint density at radius 1 is 1.36 bits per heavy atom. The Hall–Kier alpha value is -0.390. The Bertz CT molecular complexity index is 392. The third kappa shape index (κ3) is 3.08. The van der Waals surface area contributed by atoms with Crippen LogP contribution in [0.2, 0.25) is 5.02 Å². The minimum atomic E-state index is -4.52. The molecule has 1 aromatic rings. The van der Waals surface area contributed by atoms with Gasteiger partial charge in [-0.25, -0.2) is 8.77 Å². The molecule has 0 heterocycles. The molecule has 0 saturated heterocycles. The van der Waals surface area contributed by atoms with Crippen LogP contribution in [0.3, 0.4) is 0 Å². The van der Waals surface area contributed by atoms with Gasteiger partial charge < -0.3 is 9.42 Å². The molecule has 2 unspecified atom stereocenters. The number of rotatable bonds is 3. The topological polar surface area (TPSA) is 83.8 Å². The summed E-state index contributed by atoms with van der Waals surface area (Å²) in [6, 6.07) is 5.49. The number of benzene rings is 1. The first kappa shape index (κ1) is 11.7. The molecule has 0 aromatic heterocycles. The SMILES string of the molecule is O=S(O)P(=O)(O)Oc1ccc(Cl)cc1. The lowest BCUT2D eigenvalue weighted by Crippen LogP contribution is -1.97. The van der Waals surface area contributed by atoms with Gasteiger partial charge in [-0.3, -0.25) is 4.55 Å². The van der Waals surface area contributed by atoms with Crippen LogP contribution in [-0.4, -0.2) is 13.7 Å². The Kier molecular flexibility index (Phi) is 3.69. The third-order valence-electron chi connectivity index (χ3n) is 1.23. The van der Waals surface area contributed by atoms with Gasteiger partial charge in [0.15, 0.2) is 0 Å². The van der Waals surface area contributed by atoms with E-state index >= 15 is 0 Å². The number of hydrogen-bond acceptors (Lipinski definition) is 3. The zero-order valence-electron chi connectivity index (χ0n) is 6.66. The summed E-state index contributed by atoms with van der Waals surface area (Å²) in [5.74, 6) is 0.00244. The Labute approximate surface area is 87.2 Å². The highest BCUT2D eigenvalue weighted by atomic mass is 35.5. The van der Waals surface area contributed by atoms with Crippen LogP contribution in [0.1, 0.15) is 0 Å². The molecular weight excluding hydrogens is 251 g/mol. The molecule has 0 fully saturated rings. The van der Waals surface area contributed by atoms with Crippen LogP contribution < -0.4 is 4.52 Å². The summed E-state index contributed by atoms with van der Waals surface area (Å²) < 4.78 is 34.1. The predicted octanol–water partition coefficient (Wildman–Crippen LogP) is 2.04. The molecule has 14 heavy (non-hydrogen) atoms. The van der Waals surface area contributed by atoms with Gasteiger partial charge in [0.25, 0.3) is 10.7 Å². The smallest absolute Gasteiger partial charge is 0.414 e. The van der Waals surface area contributed by atoms with Crippen LogP contribution in [0, 0.1) is 0 Å². The maximum absolute atomic E-state index is 10.9. The second-order valence-corrected chi connectivity index (χ2v) is 6.58. The van der Waals surface area contributed by atoms with E-state index in [1.165, 1.54) is 24.3 Å². The fourth-order valence-electron chi connectivity index (χ4n) is 0.661. The van der Waals surface area contributed by atoms with E-state index in [0.29, 0.717) is 5.02 Å². The van der Waals surface area contributed by atoms with Crippen LogP contribution >= 0.6 is 18.4 Å². The maximum Gasteiger partial charge on any atom is 0.493 e. The van der Waals surface area contributed by atoms with E-state index in [0.717, 1.165) is 0 Å². The van der Waals surface area contributed by atoms with Crippen molar-refractivity contribution in [1.82, 2.24) is 0 Å². The van der Waals surface area contributed by atoms with Gasteiger partial charge in [0.1, 0.15) is 5.75 Å². The van der Waals surface area contributed by atoms with Gasteiger partial charge in [-0.2, -0.15) is 0 Å². The minimum absolute atomic E-state index is 0.00244. The second-order valence-electron chi connectivity index (χ2n) is 2.24. The van der Waals surface area contributed by atoms with Gasteiger partial charge in [-0.1, -0.05) is 11.6 Å². The molecule has 2 N–H and O–H groups in total.